The second-order valence-corrected chi connectivity index (χ2v) is 8.73. The van der Waals surface area contributed by atoms with Crippen molar-refractivity contribution < 1.29 is 17.9 Å². The highest BCUT2D eigenvalue weighted by Gasteiger charge is 2.13. The Bertz CT molecular complexity index is 857. The van der Waals surface area contributed by atoms with Gasteiger partial charge in [-0.05, 0) is 37.1 Å². The van der Waals surface area contributed by atoms with Crippen molar-refractivity contribution in [3.63, 3.8) is 0 Å². The van der Waals surface area contributed by atoms with E-state index < -0.39 is 9.84 Å². The average molecular weight is 430 g/mol. The molecule has 0 aromatic heterocycles. The van der Waals surface area contributed by atoms with Gasteiger partial charge in [0.2, 0.25) is 5.91 Å². The Morgan fingerprint density at radius 1 is 1.00 bits per heavy atom. The summed E-state index contributed by atoms with van der Waals surface area (Å²) in [6, 6.07) is 13.4. The van der Waals surface area contributed by atoms with Crippen molar-refractivity contribution in [3.8, 4) is 5.75 Å². The molecule has 2 rings (SSSR count). The van der Waals surface area contributed by atoms with Crippen molar-refractivity contribution >= 4 is 38.9 Å². The van der Waals surface area contributed by atoms with Crippen LogP contribution in [0.2, 0.25) is 10.0 Å². The van der Waals surface area contributed by atoms with E-state index in [0.29, 0.717) is 46.7 Å². The van der Waals surface area contributed by atoms with E-state index in [2.05, 4.69) is 5.32 Å². The maximum atomic E-state index is 12.1. The molecule has 0 saturated heterocycles. The van der Waals surface area contributed by atoms with Gasteiger partial charge in [0.15, 0.2) is 9.84 Å². The van der Waals surface area contributed by atoms with Crippen molar-refractivity contribution in [2.75, 3.05) is 18.9 Å². The summed E-state index contributed by atoms with van der Waals surface area (Å²) in [6.07, 6.45) is 1.15. The summed E-state index contributed by atoms with van der Waals surface area (Å²) in [4.78, 5) is 12.1. The molecule has 8 heteroatoms. The van der Waals surface area contributed by atoms with Gasteiger partial charge in [-0.25, -0.2) is 8.42 Å². The van der Waals surface area contributed by atoms with Crippen molar-refractivity contribution in [1.82, 2.24) is 5.32 Å². The molecule has 0 atom stereocenters. The van der Waals surface area contributed by atoms with Gasteiger partial charge in [-0.1, -0.05) is 47.5 Å². The minimum absolute atomic E-state index is 0.00628. The van der Waals surface area contributed by atoms with Gasteiger partial charge in [0.1, 0.15) is 10.8 Å². The minimum atomic E-state index is -3.31. The Hall–Kier alpha value is -1.76. The van der Waals surface area contributed by atoms with E-state index >= 15 is 0 Å². The number of sulfone groups is 1. The second kappa shape index (κ2) is 10.5. The fourth-order valence-electron chi connectivity index (χ4n) is 2.33. The van der Waals surface area contributed by atoms with Crippen LogP contribution in [0.25, 0.3) is 0 Å². The Balaban J connectivity index is 1.62. The fraction of sp³-hybridized carbons (Fsp3) is 0.316. The van der Waals surface area contributed by atoms with Crippen LogP contribution in [0.4, 0.5) is 0 Å². The first-order valence-corrected chi connectivity index (χ1v) is 10.9. The third-order valence-electron chi connectivity index (χ3n) is 3.74. The van der Waals surface area contributed by atoms with Gasteiger partial charge in [0, 0.05) is 13.0 Å². The first-order valence-electron chi connectivity index (χ1n) is 8.51. The molecule has 27 heavy (non-hydrogen) atoms. The predicted molar refractivity (Wildman–Crippen MR) is 107 cm³/mol. The zero-order chi connectivity index (χ0) is 19.7. The van der Waals surface area contributed by atoms with Crippen LogP contribution in [-0.2, 0) is 14.6 Å². The van der Waals surface area contributed by atoms with Crippen LogP contribution in [0.3, 0.4) is 0 Å². The molecule has 146 valence electrons. The number of carbonyl (C=O) groups excluding carboxylic acids is 1. The molecule has 2 aromatic rings. The topological polar surface area (TPSA) is 72.5 Å². The molecule has 0 aliphatic rings. The summed E-state index contributed by atoms with van der Waals surface area (Å²) < 4.78 is 29.8. The van der Waals surface area contributed by atoms with Gasteiger partial charge in [-0.3, -0.25) is 4.79 Å². The van der Waals surface area contributed by atoms with E-state index in [1.807, 2.05) is 0 Å². The van der Waals surface area contributed by atoms with Crippen LogP contribution in [0.1, 0.15) is 19.3 Å². The van der Waals surface area contributed by atoms with E-state index in [1.54, 1.807) is 48.5 Å². The van der Waals surface area contributed by atoms with E-state index in [0.717, 1.165) is 0 Å². The summed E-state index contributed by atoms with van der Waals surface area (Å²) in [6.45, 7) is 0.641. The van der Waals surface area contributed by atoms with E-state index in [4.69, 9.17) is 27.9 Å². The van der Waals surface area contributed by atoms with Crippen molar-refractivity contribution in [2.45, 2.75) is 24.2 Å². The SMILES string of the molecule is O=C(CCCOc1cccc(Cl)c1Cl)NCCCS(=O)(=O)c1ccccc1. The van der Waals surface area contributed by atoms with E-state index in [1.165, 1.54) is 0 Å². The third kappa shape index (κ3) is 7.05. The average Bonchev–Trinajstić information content (AvgIpc) is 2.66. The number of hydrogen-bond donors (Lipinski definition) is 1. The number of hydrogen-bond acceptors (Lipinski definition) is 4. The molecule has 1 N–H and O–H groups in total. The first kappa shape index (κ1) is 21.5. The number of ether oxygens (including phenoxy) is 1. The van der Waals surface area contributed by atoms with E-state index in [-0.39, 0.29) is 18.1 Å². The minimum Gasteiger partial charge on any atom is -0.492 e. The first-order chi connectivity index (χ1) is 12.9. The van der Waals surface area contributed by atoms with Crippen molar-refractivity contribution in [1.29, 1.82) is 0 Å². The number of amides is 1. The standard InChI is InChI=1S/C19H21Cl2NO4S/c20-16-9-4-10-17(19(16)21)26-13-5-11-18(23)22-12-6-14-27(24,25)15-7-2-1-3-8-15/h1-4,7-10H,5-6,11-14H2,(H,22,23). The summed E-state index contributed by atoms with van der Waals surface area (Å²) in [5, 5.41) is 3.48. The molecule has 0 fully saturated rings. The Morgan fingerprint density at radius 3 is 2.48 bits per heavy atom. The molecule has 0 spiro atoms. The molecule has 2 aromatic carbocycles. The lowest BCUT2D eigenvalue weighted by atomic mass is 10.3. The lowest BCUT2D eigenvalue weighted by Crippen LogP contribution is -2.26. The van der Waals surface area contributed by atoms with Gasteiger partial charge in [0.25, 0.3) is 0 Å². The normalized spacial score (nSPS) is 11.2. The molecule has 0 aliphatic heterocycles. The van der Waals surface area contributed by atoms with Gasteiger partial charge < -0.3 is 10.1 Å². The molecule has 1 amide bonds. The number of carbonyl (C=O) groups is 1. The molecule has 0 heterocycles. The molecular weight excluding hydrogens is 409 g/mol. The molecule has 0 aliphatic carbocycles. The maximum absolute atomic E-state index is 12.1. The largest absolute Gasteiger partial charge is 0.492 e. The monoisotopic (exact) mass is 429 g/mol. The summed E-state index contributed by atoms with van der Waals surface area (Å²) in [5.41, 5.74) is 0. The third-order valence-corrected chi connectivity index (χ3v) is 6.35. The zero-order valence-corrected chi connectivity index (χ0v) is 17.0. The molecule has 0 bridgehead atoms. The zero-order valence-electron chi connectivity index (χ0n) is 14.7. The second-order valence-electron chi connectivity index (χ2n) is 5.84. The number of halogens is 2. The maximum Gasteiger partial charge on any atom is 0.220 e. The number of benzene rings is 2. The highest BCUT2D eigenvalue weighted by atomic mass is 35.5. The molecule has 0 radical (unpaired) electrons. The number of nitrogens with one attached hydrogen (secondary N) is 1. The smallest absolute Gasteiger partial charge is 0.220 e. The molecule has 0 unspecified atom stereocenters. The lowest BCUT2D eigenvalue weighted by Gasteiger charge is -2.09. The lowest BCUT2D eigenvalue weighted by molar-refractivity contribution is -0.121. The van der Waals surface area contributed by atoms with Crippen LogP contribution in [0.15, 0.2) is 53.4 Å². The van der Waals surface area contributed by atoms with Gasteiger partial charge in [-0.2, -0.15) is 0 Å². The van der Waals surface area contributed by atoms with Crippen molar-refractivity contribution in [3.05, 3.63) is 58.6 Å². The van der Waals surface area contributed by atoms with Gasteiger partial charge >= 0.3 is 0 Å². The van der Waals surface area contributed by atoms with Gasteiger partial charge in [-0.15, -0.1) is 0 Å². The summed E-state index contributed by atoms with van der Waals surface area (Å²) >= 11 is 11.9. The Kier molecular flexibility index (Phi) is 8.41. The summed E-state index contributed by atoms with van der Waals surface area (Å²) in [5.74, 6) is 0.330. The molecular formula is C19H21Cl2NO4S. The predicted octanol–water partition coefficient (Wildman–Crippen LogP) is 4.13. The Morgan fingerprint density at radius 2 is 1.74 bits per heavy atom. The van der Waals surface area contributed by atoms with Crippen LogP contribution in [-0.4, -0.2) is 33.2 Å². The van der Waals surface area contributed by atoms with Crippen LogP contribution < -0.4 is 10.1 Å². The van der Waals surface area contributed by atoms with Gasteiger partial charge in [0.05, 0.1) is 22.3 Å². The molecule has 5 nitrogen and oxygen atoms in total. The van der Waals surface area contributed by atoms with E-state index in [9.17, 15) is 13.2 Å². The Labute approximate surface area is 169 Å². The van der Waals surface area contributed by atoms with Crippen molar-refractivity contribution in [2.24, 2.45) is 0 Å². The highest BCUT2D eigenvalue weighted by Crippen LogP contribution is 2.31. The molecule has 0 saturated carbocycles. The van der Waals surface area contributed by atoms with Crippen LogP contribution in [0, 0.1) is 0 Å². The highest BCUT2D eigenvalue weighted by molar-refractivity contribution is 7.91. The number of rotatable bonds is 10. The van der Waals surface area contributed by atoms with Crippen LogP contribution >= 0.6 is 23.2 Å². The summed E-state index contributed by atoms with van der Waals surface area (Å²) in [7, 11) is -3.31. The van der Waals surface area contributed by atoms with Crippen LogP contribution in [0.5, 0.6) is 5.75 Å². The fourth-order valence-corrected chi connectivity index (χ4v) is 4.01. The quantitative estimate of drug-likeness (QED) is 0.576.